The van der Waals surface area contributed by atoms with Crippen molar-refractivity contribution in [2.75, 3.05) is 25.5 Å². The monoisotopic (exact) mass is 454 g/mol. The summed E-state index contributed by atoms with van der Waals surface area (Å²) in [5.41, 5.74) is 4.28. The smallest absolute Gasteiger partial charge is 0.412 e. The summed E-state index contributed by atoms with van der Waals surface area (Å²) in [5, 5.41) is 16.3. The summed E-state index contributed by atoms with van der Waals surface area (Å²) in [6.07, 6.45) is 2.97. The van der Waals surface area contributed by atoms with Crippen LogP contribution < -0.4 is 11.1 Å². The summed E-state index contributed by atoms with van der Waals surface area (Å²) in [4.78, 5) is 25.8. The van der Waals surface area contributed by atoms with Gasteiger partial charge < -0.3 is 10.5 Å². The standard InChI is InChI=1S/C23H27FN6O3/c1-33-21(32)27-20-18(19(26)31)15-30(28-20)22(7-10-25)8-11-29(12-9-22)17-13-23(24,14-17)16-5-3-2-4-6-16/h2-6,15,17H,7-9,11-14H2,1H3,(H2,26,31)(H,27,28,32). The number of rotatable bonds is 6. The molecule has 0 spiro atoms. The lowest BCUT2D eigenvalue weighted by Crippen LogP contribution is -2.56. The first-order valence-electron chi connectivity index (χ1n) is 10.9. The van der Waals surface area contributed by atoms with E-state index in [2.05, 4.69) is 26.1 Å². The van der Waals surface area contributed by atoms with Crippen LogP contribution in [0.25, 0.3) is 0 Å². The summed E-state index contributed by atoms with van der Waals surface area (Å²) >= 11 is 0. The van der Waals surface area contributed by atoms with E-state index in [9.17, 15) is 14.9 Å². The third-order valence-corrected chi connectivity index (χ3v) is 6.93. The molecule has 1 aliphatic carbocycles. The zero-order chi connectivity index (χ0) is 23.6. The molecule has 0 bridgehead atoms. The van der Waals surface area contributed by atoms with Gasteiger partial charge in [-0.1, -0.05) is 30.3 Å². The van der Waals surface area contributed by atoms with E-state index in [0.717, 1.165) is 5.56 Å². The highest BCUT2D eigenvalue weighted by Crippen LogP contribution is 2.48. The number of likely N-dealkylation sites (tertiary alicyclic amines) is 1. The highest BCUT2D eigenvalue weighted by atomic mass is 19.1. The second kappa shape index (κ2) is 8.83. The highest BCUT2D eigenvalue weighted by molar-refractivity contribution is 6.00. The van der Waals surface area contributed by atoms with E-state index in [4.69, 9.17) is 5.73 Å². The number of primary amides is 1. The second-order valence-corrected chi connectivity index (χ2v) is 8.81. The van der Waals surface area contributed by atoms with E-state index in [1.807, 2.05) is 30.3 Å². The Bertz CT molecular complexity index is 1070. The Hall–Kier alpha value is -3.45. The number of ether oxygens (including phenoxy) is 1. The van der Waals surface area contributed by atoms with E-state index < -0.39 is 23.2 Å². The lowest BCUT2D eigenvalue weighted by molar-refractivity contribution is -0.0526. The number of alkyl halides is 1. The van der Waals surface area contributed by atoms with Gasteiger partial charge in [0, 0.05) is 38.2 Å². The van der Waals surface area contributed by atoms with Gasteiger partial charge in [0.1, 0.15) is 11.2 Å². The Kier molecular flexibility index (Phi) is 6.08. The highest BCUT2D eigenvalue weighted by Gasteiger charge is 2.50. The van der Waals surface area contributed by atoms with Gasteiger partial charge in [-0.15, -0.1) is 0 Å². The number of carbonyl (C=O) groups is 2. The molecule has 2 amide bonds. The Morgan fingerprint density at radius 2 is 1.97 bits per heavy atom. The molecule has 10 heteroatoms. The molecule has 4 rings (SSSR count). The van der Waals surface area contributed by atoms with Gasteiger partial charge in [-0.05, 0) is 18.4 Å². The van der Waals surface area contributed by atoms with Crippen molar-refractivity contribution >= 4 is 17.8 Å². The summed E-state index contributed by atoms with van der Waals surface area (Å²) in [7, 11) is 1.20. The third-order valence-electron chi connectivity index (χ3n) is 6.93. The minimum absolute atomic E-state index is 0.00170. The van der Waals surface area contributed by atoms with Crippen molar-refractivity contribution in [1.29, 1.82) is 5.26 Å². The SMILES string of the molecule is COC(=O)Nc1nn(C2(CC#N)CCN(C3CC(F)(c4ccccc4)C3)CC2)cc1C(N)=O. The zero-order valence-corrected chi connectivity index (χ0v) is 18.5. The summed E-state index contributed by atoms with van der Waals surface area (Å²) < 4.78 is 21.4. The molecular formula is C23H27FN6O3. The Balaban J connectivity index is 1.47. The molecule has 2 fully saturated rings. The van der Waals surface area contributed by atoms with Gasteiger partial charge in [-0.2, -0.15) is 10.4 Å². The first-order valence-corrected chi connectivity index (χ1v) is 10.9. The zero-order valence-electron chi connectivity index (χ0n) is 18.5. The maximum absolute atomic E-state index is 15.3. The number of piperidine rings is 1. The van der Waals surface area contributed by atoms with Crippen LogP contribution in [0.15, 0.2) is 36.5 Å². The number of hydrogen-bond donors (Lipinski definition) is 2. The molecule has 33 heavy (non-hydrogen) atoms. The first kappa shape index (κ1) is 22.7. The van der Waals surface area contributed by atoms with E-state index >= 15 is 4.39 Å². The quantitative estimate of drug-likeness (QED) is 0.691. The topological polar surface area (TPSA) is 126 Å². The van der Waals surface area contributed by atoms with Crippen LogP contribution in [0.4, 0.5) is 15.0 Å². The molecule has 1 aliphatic heterocycles. The van der Waals surface area contributed by atoms with Crippen molar-refractivity contribution in [3.8, 4) is 6.07 Å². The Morgan fingerprint density at radius 1 is 1.30 bits per heavy atom. The van der Waals surface area contributed by atoms with E-state index in [1.165, 1.54) is 13.3 Å². The number of nitriles is 1. The fourth-order valence-electron chi connectivity index (χ4n) is 4.89. The fraction of sp³-hybridized carbons (Fsp3) is 0.478. The predicted molar refractivity (Wildman–Crippen MR) is 118 cm³/mol. The molecule has 2 aliphatic rings. The number of methoxy groups -OCH3 is 1. The van der Waals surface area contributed by atoms with Gasteiger partial charge in [0.15, 0.2) is 5.82 Å². The van der Waals surface area contributed by atoms with Crippen LogP contribution in [0, 0.1) is 11.3 Å². The molecule has 0 atom stereocenters. The van der Waals surface area contributed by atoms with Crippen molar-refractivity contribution in [1.82, 2.24) is 14.7 Å². The molecular weight excluding hydrogens is 427 g/mol. The summed E-state index contributed by atoms with van der Waals surface area (Å²) in [6, 6.07) is 11.6. The minimum Gasteiger partial charge on any atom is -0.453 e. The molecule has 174 valence electrons. The van der Waals surface area contributed by atoms with Crippen LogP contribution in [-0.4, -0.2) is 52.9 Å². The van der Waals surface area contributed by atoms with Crippen LogP contribution in [0.3, 0.4) is 0 Å². The maximum Gasteiger partial charge on any atom is 0.412 e. The molecule has 2 aromatic rings. The number of nitrogens with zero attached hydrogens (tertiary/aromatic N) is 4. The molecule has 1 saturated carbocycles. The average Bonchev–Trinajstić information content (AvgIpc) is 3.23. The number of nitrogens with one attached hydrogen (secondary N) is 1. The van der Waals surface area contributed by atoms with Crippen molar-refractivity contribution in [2.45, 2.75) is 49.4 Å². The second-order valence-electron chi connectivity index (χ2n) is 8.81. The number of nitrogens with two attached hydrogens (primary N) is 1. The molecule has 2 heterocycles. The Morgan fingerprint density at radius 3 is 2.55 bits per heavy atom. The fourth-order valence-corrected chi connectivity index (χ4v) is 4.89. The first-order chi connectivity index (χ1) is 15.8. The lowest BCUT2D eigenvalue weighted by Gasteiger charge is -2.51. The van der Waals surface area contributed by atoms with Gasteiger partial charge in [0.25, 0.3) is 5.91 Å². The molecule has 0 radical (unpaired) electrons. The molecule has 0 unspecified atom stereocenters. The lowest BCUT2D eigenvalue weighted by atomic mass is 9.71. The summed E-state index contributed by atoms with van der Waals surface area (Å²) in [6.45, 7) is 1.34. The van der Waals surface area contributed by atoms with Crippen LogP contribution >= 0.6 is 0 Å². The third kappa shape index (κ3) is 4.28. The van der Waals surface area contributed by atoms with Crippen LogP contribution in [-0.2, 0) is 15.9 Å². The van der Waals surface area contributed by atoms with Crippen LogP contribution in [0.1, 0.15) is 48.0 Å². The number of amides is 2. The van der Waals surface area contributed by atoms with E-state index in [1.54, 1.807) is 4.68 Å². The van der Waals surface area contributed by atoms with Gasteiger partial charge in [-0.25, -0.2) is 9.18 Å². The molecule has 1 aromatic heterocycles. The van der Waals surface area contributed by atoms with Crippen molar-refractivity contribution in [3.05, 3.63) is 47.7 Å². The number of aromatic nitrogens is 2. The average molecular weight is 455 g/mol. The number of hydrogen-bond acceptors (Lipinski definition) is 6. The van der Waals surface area contributed by atoms with Gasteiger partial charge in [0.2, 0.25) is 0 Å². The molecule has 1 aromatic carbocycles. The van der Waals surface area contributed by atoms with E-state index in [-0.39, 0.29) is 23.8 Å². The van der Waals surface area contributed by atoms with Gasteiger partial charge >= 0.3 is 6.09 Å². The normalized spacial score (nSPS) is 24.3. The number of anilines is 1. The van der Waals surface area contributed by atoms with Crippen LogP contribution in [0.2, 0.25) is 0 Å². The number of benzene rings is 1. The van der Waals surface area contributed by atoms with Crippen molar-refractivity contribution in [3.63, 3.8) is 0 Å². The van der Waals surface area contributed by atoms with Gasteiger partial charge in [-0.3, -0.25) is 19.7 Å². The predicted octanol–water partition coefficient (Wildman–Crippen LogP) is 2.89. The molecule has 9 nitrogen and oxygen atoms in total. The number of halogens is 1. The van der Waals surface area contributed by atoms with Crippen molar-refractivity contribution < 1.29 is 18.7 Å². The summed E-state index contributed by atoms with van der Waals surface area (Å²) in [5.74, 6) is -0.745. The van der Waals surface area contributed by atoms with Gasteiger partial charge in [0.05, 0.1) is 25.1 Å². The molecule has 3 N–H and O–H groups in total. The maximum atomic E-state index is 15.3. The number of carbonyl (C=O) groups excluding carboxylic acids is 2. The largest absolute Gasteiger partial charge is 0.453 e. The van der Waals surface area contributed by atoms with Crippen molar-refractivity contribution in [2.24, 2.45) is 5.73 Å². The Labute approximate surface area is 191 Å². The minimum atomic E-state index is -1.29. The molecule has 1 saturated heterocycles. The van der Waals surface area contributed by atoms with Crippen LogP contribution in [0.5, 0.6) is 0 Å². The van der Waals surface area contributed by atoms with E-state index in [0.29, 0.717) is 38.8 Å².